The Morgan fingerprint density at radius 3 is 2.94 bits per heavy atom. The maximum Gasteiger partial charge on any atom is 0.119 e. The molecule has 2 heteroatoms. The highest BCUT2D eigenvalue weighted by Crippen LogP contribution is 2.33. The van der Waals surface area contributed by atoms with Crippen molar-refractivity contribution in [3.8, 4) is 5.75 Å². The highest BCUT2D eigenvalue weighted by Gasteiger charge is 2.21. The van der Waals surface area contributed by atoms with E-state index < -0.39 is 0 Å². The molecule has 0 aromatic heterocycles. The molecule has 2 aromatic rings. The van der Waals surface area contributed by atoms with E-state index in [2.05, 4.69) is 47.8 Å². The predicted octanol–water partition coefficient (Wildman–Crippen LogP) is 3.45. The minimum atomic E-state index is 0.563. The fourth-order valence-corrected chi connectivity index (χ4v) is 2.62. The summed E-state index contributed by atoms with van der Waals surface area (Å²) in [4.78, 5) is 0. The quantitative estimate of drug-likeness (QED) is 0.885. The average molecular weight is 239 g/mol. The van der Waals surface area contributed by atoms with E-state index in [1.54, 1.807) is 7.11 Å². The van der Waals surface area contributed by atoms with Crippen molar-refractivity contribution < 1.29 is 4.74 Å². The summed E-state index contributed by atoms with van der Waals surface area (Å²) in [6.45, 7) is 1.02. The van der Waals surface area contributed by atoms with E-state index in [9.17, 15) is 0 Å². The third kappa shape index (κ3) is 2.06. The fraction of sp³-hybridized carbons (Fsp3) is 0.250. The summed E-state index contributed by atoms with van der Waals surface area (Å²) >= 11 is 0. The summed E-state index contributed by atoms with van der Waals surface area (Å²) < 4.78 is 5.27. The Balaban J connectivity index is 1.82. The van der Waals surface area contributed by atoms with E-state index in [0.29, 0.717) is 5.92 Å². The first-order valence-electron chi connectivity index (χ1n) is 6.32. The first-order chi connectivity index (χ1) is 8.86. The third-order valence-corrected chi connectivity index (χ3v) is 3.56. The summed E-state index contributed by atoms with van der Waals surface area (Å²) in [7, 11) is 1.71. The molecule has 1 unspecified atom stereocenters. The number of rotatable bonds is 3. The maximum absolute atomic E-state index is 5.27. The number of fused-ring (bicyclic) bond motifs is 1. The molecule has 0 amide bonds. The van der Waals surface area contributed by atoms with Crippen molar-refractivity contribution in [1.29, 1.82) is 0 Å². The third-order valence-electron chi connectivity index (χ3n) is 3.56. The van der Waals surface area contributed by atoms with E-state index in [4.69, 9.17) is 4.74 Å². The molecule has 18 heavy (non-hydrogen) atoms. The summed E-state index contributed by atoms with van der Waals surface area (Å²) in [5.41, 5.74) is 4.04. The minimum Gasteiger partial charge on any atom is -0.497 e. The molecule has 1 N–H and O–H groups in total. The van der Waals surface area contributed by atoms with Crippen molar-refractivity contribution in [3.63, 3.8) is 0 Å². The normalized spacial score (nSPS) is 17.1. The SMILES string of the molecule is COc1cccc(CC2CNc3ccccc32)c1. The molecule has 3 rings (SSSR count). The lowest BCUT2D eigenvalue weighted by Gasteiger charge is -2.11. The van der Waals surface area contributed by atoms with Crippen LogP contribution in [0.5, 0.6) is 5.75 Å². The first-order valence-corrected chi connectivity index (χ1v) is 6.32. The number of hydrogen-bond donors (Lipinski definition) is 1. The summed E-state index contributed by atoms with van der Waals surface area (Å²) in [6, 6.07) is 16.9. The summed E-state index contributed by atoms with van der Waals surface area (Å²) in [5.74, 6) is 1.50. The number of benzene rings is 2. The molecule has 2 nitrogen and oxygen atoms in total. The fourth-order valence-electron chi connectivity index (χ4n) is 2.62. The number of para-hydroxylation sites is 1. The molecule has 0 saturated carbocycles. The molecular formula is C16H17NO. The van der Waals surface area contributed by atoms with E-state index in [1.807, 2.05) is 6.07 Å². The molecule has 0 radical (unpaired) electrons. The molecule has 0 saturated heterocycles. The minimum absolute atomic E-state index is 0.563. The van der Waals surface area contributed by atoms with Crippen LogP contribution in [0.4, 0.5) is 5.69 Å². The van der Waals surface area contributed by atoms with Gasteiger partial charge in [0, 0.05) is 18.2 Å². The largest absolute Gasteiger partial charge is 0.497 e. The lowest BCUT2D eigenvalue weighted by atomic mass is 9.94. The molecule has 0 bridgehead atoms. The van der Waals surface area contributed by atoms with E-state index in [1.165, 1.54) is 16.8 Å². The van der Waals surface area contributed by atoms with Gasteiger partial charge in [-0.05, 0) is 35.7 Å². The zero-order valence-electron chi connectivity index (χ0n) is 10.5. The lowest BCUT2D eigenvalue weighted by Crippen LogP contribution is -2.05. The van der Waals surface area contributed by atoms with E-state index in [-0.39, 0.29) is 0 Å². The molecule has 1 atom stereocenters. The van der Waals surface area contributed by atoms with Crippen molar-refractivity contribution >= 4 is 5.69 Å². The van der Waals surface area contributed by atoms with Gasteiger partial charge in [0.2, 0.25) is 0 Å². The van der Waals surface area contributed by atoms with Crippen LogP contribution in [0.1, 0.15) is 17.0 Å². The van der Waals surface area contributed by atoms with Crippen LogP contribution < -0.4 is 10.1 Å². The second kappa shape index (κ2) is 4.73. The van der Waals surface area contributed by atoms with Crippen LogP contribution in [0, 0.1) is 0 Å². The van der Waals surface area contributed by atoms with Gasteiger partial charge in [0.25, 0.3) is 0 Å². The zero-order valence-corrected chi connectivity index (χ0v) is 10.5. The first kappa shape index (κ1) is 11.1. The zero-order chi connectivity index (χ0) is 12.4. The van der Waals surface area contributed by atoms with Crippen LogP contribution in [0.15, 0.2) is 48.5 Å². The van der Waals surface area contributed by atoms with Gasteiger partial charge in [0.05, 0.1) is 7.11 Å². The number of anilines is 1. The van der Waals surface area contributed by atoms with Crippen molar-refractivity contribution in [3.05, 3.63) is 59.7 Å². The van der Waals surface area contributed by atoms with Gasteiger partial charge in [-0.1, -0.05) is 30.3 Å². The van der Waals surface area contributed by atoms with Gasteiger partial charge >= 0.3 is 0 Å². The molecule has 0 fully saturated rings. The van der Waals surface area contributed by atoms with Crippen LogP contribution in [-0.4, -0.2) is 13.7 Å². The molecule has 1 aliphatic rings. The van der Waals surface area contributed by atoms with Gasteiger partial charge in [-0.25, -0.2) is 0 Å². The van der Waals surface area contributed by atoms with Crippen LogP contribution >= 0.6 is 0 Å². The number of ether oxygens (including phenoxy) is 1. The Kier molecular flexibility index (Phi) is 2.93. The Labute approximate surface area is 108 Å². The van der Waals surface area contributed by atoms with Crippen LogP contribution in [0.2, 0.25) is 0 Å². The van der Waals surface area contributed by atoms with Gasteiger partial charge in [0.1, 0.15) is 5.75 Å². The average Bonchev–Trinajstić information content (AvgIpc) is 2.83. The molecule has 0 aliphatic carbocycles. The lowest BCUT2D eigenvalue weighted by molar-refractivity contribution is 0.414. The van der Waals surface area contributed by atoms with Crippen LogP contribution in [-0.2, 0) is 6.42 Å². The van der Waals surface area contributed by atoms with Crippen molar-refractivity contribution in [1.82, 2.24) is 0 Å². The van der Waals surface area contributed by atoms with Gasteiger partial charge < -0.3 is 10.1 Å². The summed E-state index contributed by atoms with van der Waals surface area (Å²) in [6.07, 6.45) is 1.06. The topological polar surface area (TPSA) is 21.3 Å². The van der Waals surface area contributed by atoms with Crippen molar-refractivity contribution in [2.75, 3.05) is 19.0 Å². The predicted molar refractivity (Wildman–Crippen MR) is 74.4 cm³/mol. The second-order valence-corrected chi connectivity index (χ2v) is 4.72. The van der Waals surface area contributed by atoms with Gasteiger partial charge in [-0.3, -0.25) is 0 Å². The van der Waals surface area contributed by atoms with E-state index >= 15 is 0 Å². The molecule has 92 valence electrons. The summed E-state index contributed by atoms with van der Waals surface area (Å²) in [5, 5.41) is 3.47. The Bertz CT molecular complexity index is 550. The molecule has 2 aromatic carbocycles. The number of hydrogen-bond acceptors (Lipinski definition) is 2. The molecule has 1 heterocycles. The van der Waals surface area contributed by atoms with Gasteiger partial charge in [-0.2, -0.15) is 0 Å². The highest BCUT2D eigenvalue weighted by atomic mass is 16.5. The van der Waals surface area contributed by atoms with Crippen molar-refractivity contribution in [2.24, 2.45) is 0 Å². The van der Waals surface area contributed by atoms with Gasteiger partial charge in [0.15, 0.2) is 0 Å². The molecule has 1 aliphatic heterocycles. The Morgan fingerprint density at radius 2 is 2.06 bits per heavy atom. The van der Waals surface area contributed by atoms with E-state index in [0.717, 1.165) is 18.7 Å². The van der Waals surface area contributed by atoms with Crippen molar-refractivity contribution in [2.45, 2.75) is 12.3 Å². The Hall–Kier alpha value is -1.96. The maximum atomic E-state index is 5.27. The van der Waals surface area contributed by atoms with Crippen LogP contribution in [0.25, 0.3) is 0 Å². The smallest absolute Gasteiger partial charge is 0.119 e. The highest BCUT2D eigenvalue weighted by molar-refractivity contribution is 5.58. The standard InChI is InChI=1S/C16H17NO/c1-18-14-6-4-5-12(10-14)9-13-11-17-16-8-3-2-7-15(13)16/h2-8,10,13,17H,9,11H2,1H3. The number of methoxy groups -OCH3 is 1. The molecular weight excluding hydrogens is 222 g/mol. The van der Waals surface area contributed by atoms with Gasteiger partial charge in [-0.15, -0.1) is 0 Å². The molecule has 0 spiro atoms. The van der Waals surface area contributed by atoms with Crippen LogP contribution in [0.3, 0.4) is 0 Å². The monoisotopic (exact) mass is 239 g/mol. The number of nitrogens with one attached hydrogen (secondary N) is 1. The second-order valence-electron chi connectivity index (χ2n) is 4.72. The Morgan fingerprint density at radius 1 is 1.17 bits per heavy atom.